The predicted octanol–water partition coefficient (Wildman–Crippen LogP) is 4.31. The van der Waals surface area contributed by atoms with E-state index >= 15 is 0 Å². The van der Waals surface area contributed by atoms with E-state index in [1.807, 2.05) is 30.3 Å². The Bertz CT molecular complexity index is 980. The minimum absolute atomic E-state index is 0.478. The second-order valence-corrected chi connectivity index (χ2v) is 6.71. The number of nitrogens with zero attached hydrogens (tertiary/aromatic N) is 4. The standard InChI is InChI=1S/C19H16N4O2S/c1-13-7-9-14(10-8-13)11-16-20-23-19(25-16)26-12-17-21-22-18(24-17)15-5-3-2-4-6-15/h2-10H,11-12H2,1H3. The molecule has 0 aliphatic carbocycles. The molecule has 0 saturated heterocycles. The first-order valence-electron chi connectivity index (χ1n) is 8.15. The molecule has 0 fully saturated rings. The summed E-state index contributed by atoms with van der Waals surface area (Å²) >= 11 is 1.38. The minimum Gasteiger partial charge on any atom is -0.420 e. The number of aromatic nitrogens is 4. The van der Waals surface area contributed by atoms with Crippen LogP contribution in [0.4, 0.5) is 0 Å². The van der Waals surface area contributed by atoms with Gasteiger partial charge in [-0.2, -0.15) is 0 Å². The molecule has 2 heterocycles. The van der Waals surface area contributed by atoms with Crippen molar-refractivity contribution in [2.24, 2.45) is 0 Å². The van der Waals surface area contributed by atoms with Gasteiger partial charge in [0, 0.05) is 5.56 Å². The summed E-state index contributed by atoms with van der Waals surface area (Å²) in [5, 5.41) is 16.8. The zero-order chi connectivity index (χ0) is 17.8. The highest BCUT2D eigenvalue weighted by Crippen LogP contribution is 2.24. The SMILES string of the molecule is Cc1ccc(Cc2nnc(SCc3nnc(-c4ccccc4)o3)o2)cc1. The molecule has 0 bridgehead atoms. The summed E-state index contributed by atoms with van der Waals surface area (Å²) in [5.41, 5.74) is 3.26. The minimum atomic E-state index is 0.478. The number of thioether (sulfide) groups is 1. The largest absolute Gasteiger partial charge is 0.420 e. The molecule has 0 unspecified atom stereocenters. The highest BCUT2D eigenvalue weighted by atomic mass is 32.2. The zero-order valence-corrected chi connectivity index (χ0v) is 14.9. The third-order valence-corrected chi connectivity index (χ3v) is 4.53. The number of rotatable bonds is 6. The van der Waals surface area contributed by atoms with Crippen LogP contribution in [0, 0.1) is 6.92 Å². The molecule has 4 aromatic rings. The Labute approximate surface area is 154 Å². The molecule has 7 heteroatoms. The van der Waals surface area contributed by atoms with Crippen LogP contribution in [-0.4, -0.2) is 20.4 Å². The molecule has 0 spiro atoms. The first-order chi connectivity index (χ1) is 12.8. The van der Waals surface area contributed by atoms with Gasteiger partial charge in [0.25, 0.3) is 5.22 Å². The number of hydrogen-bond donors (Lipinski definition) is 0. The molecule has 0 radical (unpaired) electrons. The second kappa shape index (κ2) is 7.53. The van der Waals surface area contributed by atoms with Crippen molar-refractivity contribution in [2.45, 2.75) is 24.3 Å². The molecule has 26 heavy (non-hydrogen) atoms. The van der Waals surface area contributed by atoms with Gasteiger partial charge in [0.15, 0.2) is 0 Å². The first kappa shape index (κ1) is 16.5. The van der Waals surface area contributed by atoms with Crippen molar-refractivity contribution in [3.05, 3.63) is 77.5 Å². The summed E-state index contributed by atoms with van der Waals surface area (Å²) in [5.74, 6) is 2.09. The van der Waals surface area contributed by atoms with Crippen molar-refractivity contribution in [1.82, 2.24) is 20.4 Å². The van der Waals surface area contributed by atoms with Crippen LogP contribution in [0.25, 0.3) is 11.5 Å². The lowest BCUT2D eigenvalue weighted by atomic mass is 10.1. The van der Waals surface area contributed by atoms with Crippen LogP contribution < -0.4 is 0 Å². The molecule has 0 N–H and O–H groups in total. The van der Waals surface area contributed by atoms with Gasteiger partial charge in [0.05, 0.1) is 12.2 Å². The molecule has 0 atom stereocenters. The number of benzene rings is 2. The van der Waals surface area contributed by atoms with Crippen LogP contribution in [0.1, 0.15) is 22.9 Å². The summed E-state index contributed by atoms with van der Waals surface area (Å²) in [4.78, 5) is 0. The summed E-state index contributed by atoms with van der Waals surface area (Å²) < 4.78 is 11.4. The Hall–Kier alpha value is -2.93. The van der Waals surface area contributed by atoms with Crippen LogP contribution in [-0.2, 0) is 12.2 Å². The van der Waals surface area contributed by atoms with Crippen molar-refractivity contribution in [3.8, 4) is 11.5 Å². The summed E-state index contributed by atoms with van der Waals surface area (Å²) in [6.07, 6.45) is 0.618. The first-order valence-corrected chi connectivity index (χ1v) is 9.13. The van der Waals surface area contributed by atoms with Crippen molar-refractivity contribution >= 4 is 11.8 Å². The Morgan fingerprint density at radius 3 is 2.38 bits per heavy atom. The molecule has 2 aromatic heterocycles. The molecule has 0 amide bonds. The van der Waals surface area contributed by atoms with E-state index in [4.69, 9.17) is 8.83 Å². The molecule has 0 aliphatic heterocycles. The van der Waals surface area contributed by atoms with Crippen LogP contribution in [0.15, 0.2) is 68.7 Å². The fourth-order valence-electron chi connectivity index (χ4n) is 2.38. The number of hydrogen-bond acceptors (Lipinski definition) is 7. The Morgan fingerprint density at radius 2 is 1.58 bits per heavy atom. The van der Waals surface area contributed by atoms with Gasteiger partial charge in [-0.3, -0.25) is 0 Å². The Balaban J connectivity index is 1.36. The maximum Gasteiger partial charge on any atom is 0.277 e. The molecule has 2 aromatic carbocycles. The molecular weight excluding hydrogens is 348 g/mol. The van der Waals surface area contributed by atoms with Gasteiger partial charge in [-0.25, -0.2) is 0 Å². The summed E-state index contributed by atoms with van der Waals surface area (Å²) in [7, 11) is 0. The lowest BCUT2D eigenvalue weighted by molar-refractivity contribution is 0.419. The zero-order valence-electron chi connectivity index (χ0n) is 14.1. The van der Waals surface area contributed by atoms with E-state index in [0.29, 0.717) is 35.1 Å². The van der Waals surface area contributed by atoms with Gasteiger partial charge in [0.2, 0.25) is 17.7 Å². The van der Waals surface area contributed by atoms with E-state index in [9.17, 15) is 0 Å². The molecule has 130 valence electrons. The van der Waals surface area contributed by atoms with Gasteiger partial charge in [-0.05, 0) is 24.6 Å². The van der Waals surface area contributed by atoms with Crippen molar-refractivity contribution in [2.75, 3.05) is 0 Å². The molecule has 4 rings (SSSR count). The van der Waals surface area contributed by atoms with Crippen molar-refractivity contribution < 1.29 is 8.83 Å². The van der Waals surface area contributed by atoms with Gasteiger partial charge in [-0.1, -0.05) is 59.8 Å². The van der Waals surface area contributed by atoms with Gasteiger partial charge < -0.3 is 8.83 Å². The molecule has 0 saturated carbocycles. The van der Waals surface area contributed by atoms with E-state index in [2.05, 4.69) is 51.6 Å². The van der Waals surface area contributed by atoms with Crippen molar-refractivity contribution in [3.63, 3.8) is 0 Å². The quantitative estimate of drug-likeness (QED) is 0.472. The second-order valence-electron chi connectivity index (χ2n) is 5.78. The highest BCUT2D eigenvalue weighted by molar-refractivity contribution is 7.98. The van der Waals surface area contributed by atoms with Crippen LogP contribution in [0.3, 0.4) is 0 Å². The fourth-order valence-corrected chi connectivity index (χ4v) is 3.00. The van der Waals surface area contributed by atoms with Crippen molar-refractivity contribution in [1.29, 1.82) is 0 Å². The lowest BCUT2D eigenvalue weighted by Crippen LogP contribution is -1.88. The highest BCUT2D eigenvalue weighted by Gasteiger charge is 2.12. The average molecular weight is 364 g/mol. The molecule has 6 nitrogen and oxygen atoms in total. The summed E-state index contributed by atoms with van der Waals surface area (Å²) in [6, 6.07) is 17.9. The third-order valence-electron chi connectivity index (χ3n) is 3.73. The van der Waals surface area contributed by atoms with Crippen LogP contribution in [0.2, 0.25) is 0 Å². The topological polar surface area (TPSA) is 77.8 Å². The van der Waals surface area contributed by atoms with E-state index in [0.717, 1.165) is 11.1 Å². The maximum absolute atomic E-state index is 5.68. The maximum atomic E-state index is 5.68. The van der Waals surface area contributed by atoms with Gasteiger partial charge in [-0.15, -0.1) is 20.4 Å². The molecular formula is C19H16N4O2S. The van der Waals surface area contributed by atoms with E-state index in [1.165, 1.54) is 17.3 Å². The lowest BCUT2D eigenvalue weighted by Gasteiger charge is -1.97. The smallest absolute Gasteiger partial charge is 0.277 e. The van der Waals surface area contributed by atoms with E-state index in [1.54, 1.807) is 0 Å². The van der Waals surface area contributed by atoms with Gasteiger partial charge >= 0.3 is 0 Å². The van der Waals surface area contributed by atoms with Gasteiger partial charge in [0.1, 0.15) is 0 Å². The third kappa shape index (κ3) is 4.00. The van der Waals surface area contributed by atoms with Crippen LogP contribution >= 0.6 is 11.8 Å². The number of aryl methyl sites for hydroxylation is 1. The summed E-state index contributed by atoms with van der Waals surface area (Å²) in [6.45, 7) is 2.06. The van der Waals surface area contributed by atoms with Crippen LogP contribution in [0.5, 0.6) is 0 Å². The fraction of sp³-hybridized carbons (Fsp3) is 0.158. The van der Waals surface area contributed by atoms with E-state index in [-0.39, 0.29) is 0 Å². The average Bonchev–Trinajstić information content (AvgIpc) is 3.32. The predicted molar refractivity (Wildman–Crippen MR) is 97.6 cm³/mol. The van der Waals surface area contributed by atoms with E-state index < -0.39 is 0 Å². The molecule has 0 aliphatic rings. The Kier molecular flexibility index (Phi) is 4.79. The monoisotopic (exact) mass is 364 g/mol. The normalized spacial score (nSPS) is 11.0. The Morgan fingerprint density at radius 1 is 0.808 bits per heavy atom.